The van der Waals surface area contributed by atoms with E-state index in [0.29, 0.717) is 18.7 Å². The highest BCUT2D eigenvalue weighted by Crippen LogP contribution is 2.21. The predicted molar refractivity (Wildman–Crippen MR) is 77.9 cm³/mol. The number of benzene rings is 1. The van der Waals surface area contributed by atoms with Crippen LogP contribution in [0.3, 0.4) is 0 Å². The van der Waals surface area contributed by atoms with Crippen LogP contribution in [0.15, 0.2) is 47.8 Å². The van der Waals surface area contributed by atoms with Gasteiger partial charge >= 0.3 is 0 Å². The second-order valence-corrected chi connectivity index (χ2v) is 4.11. The number of hydrogen-bond donors (Lipinski definition) is 0. The molecule has 1 aromatic carbocycles. The zero-order chi connectivity index (χ0) is 15.1. The molecule has 0 unspecified atom stereocenters. The van der Waals surface area contributed by atoms with Crippen LogP contribution in [0, 0.1) is 10.1 Å². The SMILES string of the molecule is [N-]=[N+]=NCCC=Cc1cnn(-c2ccccc2[N+](=O)[O-])c1. The largest absolute Gasteiger partial charge is 0.294 e. The van der Waals surface area contributed by atoms with Crippen LogP contribution in [0.25, 0.3) is 22.2 Å². The second kappa shape index (κ2) is 6.88. The van der Waals surface area contributed by atoms with Crippen LogP contribution in [0.4, 0.5) is 5.69 Å². The van der Waals surface area contributed by atoms with E-state index in [2.05, 4.69) is 15.1 Å². The summed E-state index contributed by atoms with van der Waals surface area (Å²) in [5.41, 5.74) is 9.38. The second-order valence-electron chi connectivity index (χ2n) is 4.11. The van der Waals surface area contributed by atoms with Crippen molar-refractivity contribution in [1.82, 2.24) is 9.78 Å². The molecule has 0 atom stereocenters. The molecule has 21 heavy (non-hydrogen) atoms. The first-order chi connectivity index (χ1) is 10.2. The van der Waals surface area contributed by atoms with Gasteiger partial charge in [0.25, 0.3) is 5.69 Å². The number of nitro groups is 1. The Hall–Kier alpha value is -3.12. The highest BCUT2D eigenvalue weighted by molar-refractivity contribution is 5.54. The van der Waals surface area contributed by atoms with Gasteiger partial charge in [-0.25, -0.2) is 4.68 Å². The highest BCUT2D eigenvalue weighted by Gasteiger charge is 2.14. The summed E-state index contributed by atoms with van der Waals surface area (Å²) in [6.45, 7) is 0.394. The Balaban J connectivity index is 2.17. The average molecular weight is 284 g/mol. The smallest absolute Gasteiger partial charge is 0.258 e. The molecule has 0 radical (unpaired) electrons. The summed E-state index contributed by atoms with van der Waals surface area (Å²) in [7, 11) is 0. The summed E-state index contributed by atoms with van der Waals surface area (Å²) in [6.07, 6.45) is 7.62. The van der Waals surface area contributed by atoms with Gasteiger partial charge < -0.3 is 0 Å². The maximum Gasteiger partial charge on any atom is 0.294 e. The zero-order valence-corrected chi connectivity index (χ0v) is 11.0. The number of nitro benzene ring substituents is 1. The van der Waals surface area contributed by atoms with Gasteiger partial charge in [0.2, 0.25) is 0 Å². The van der Waals surface area contributed by atoms with Crippen LogP contribution >= 0.6 is 0 Å². The molecule has 8 nitrogen and oxygen atoms in total. The Kier molecular flexibility index (Phi) is 4.68. The number of azide groups is 1. The molecule has 1 aromatic heterocycles. The molecule has 0 aliphatic heterocycles. The standard InChI is InChI=1S/C13H12N6O2/c14-17-15-8-4-3-5-11-9-16-18(10-11)12-6-1-2-7-13(12)19(20)21/h1-3,5-7,9-10H,4,8H2. The molecule has 0 N–H and O–H groups in total. The van der Waals surface area contributed by atoms with Crippen molar-refractivity contribution in [3.8, 4) is 5.69 Å². The van der Waals surface area contributed by atoms with Gasteiger partial charge in [-0.1, -0.05) is 29.4 Å². The number of rotatable bonds is 6. The van der Waals surface area contributed by atoms with Gasteiger partial charge in [-0.05, 0) is 18.0 Å². The first-order valence-corrected chi connectivity index (χ1v) is 6.18. The Labute approximate surface area is 120 Å². The van der Waals surface area contributed by atoms with Crippen molar-refractivity contribution < 1.29 is 4.92 Å². The molecule has 0 aliphatic carbocycles. The maximum absolute atomic E-state index is 11.0. The molecule has 0 fully saturated rings. The van der Waals surface area contributed by atoms with E-state index >= 15 is 0 Å². The van der Waals surface area contributed by atoms with Crippen molar-refractivity contribution in [2.75, 3.05) is 6.54 Å². The molecular weight excluding hydrogens is 272 g/mol. The summed E-state index contributed by atoms with van der Waals surface area (Å²) >= 11 is 0. The molecule has 2 rings (SSSR count). The number of nitrogens with zero attached hydrogens (tertiary/aromatic N) is 6. The van der Waals surface area contributed by atoms with Crippen LogP contribution in [0.1, 0.15) is 12.0 Å². The van der Waals surface area contributed by atoms with Crippen molar-refractivity contribution in [1.29, 1.82) is 0 Å². The van der Waals surface area contributed by atoms with Crippen molar-refractivity contribution in [3.63, 3.8) is 0 Å². The van der Waals surface area contributed by atoms with E-state index in [4.69, 9.17) is 5.53 Å². The first kappa shape index (κ1) is 14.3. The minimum absolute atomic E-state index is 0.000475. The third-order valence-corrected chi connectivity index (χ3v) is 2.70. The average Bonchev–Trinajstić information content (AvgIpc) is 2.96. The predicted octanol–water partition coefficient (Wildman–Crippen LogP) is 3.49. The molecule has 0 bridgehead atoms. The first-order valence-electron chi connectivity index (χ1n) is 6.18. The van der Waals surface area contributed by atoms with Gasteiger partial charge in [0.1, 0.15) is 5.69 Å². The van der Waals surface area contributed by atoms with E-state index in [9.17, 15) is 10.1 Å². The van der Waals surface area contributed by atoms with Crippen LogP contribution < -0.4 is 0 Å². The fourth-order valence-electron chi connectivity index (χ4n) is 1.76. The number of para-hydroxylation sites is 2. The Morgan fingerprint density at radius 3 is 3.05 bits per heavy atom. The van der Waals surface area contributed by atoms with Gasteiger partial charge in [0.15, 0.2) is 0 Å². The van der Waals surface area contributed by atoms with Crippen LogP contribution in [-0.4, -0.2) is 21.2 Å². The Morgan fingerprint density at radius 2 is 2.29 bits per heavy atom. The third kappa shape index (κ3) is 3.68. The molecule has 2 aromatic rings. The van der Waals surface area contributed by atoms with Crippen molar-refractivity contribution >= 4 is 11.8 Å². The van der Waals surface area contributed by atoms with Gasteiger partial charge in [-0.2, -0.15) is 5.10 Å². The lowest BCUT2D eigenvalue weighted by atomic mass is 10.2. The van der Waals surface area contributed by atoms with Gasteiger partial charge in [-0.3, -0.25) is 10.1 Å². The lowest BCUT2D eigenvalue weighted by molar-refractivity contribution is -0.384. The molecular formula is C13H12N6O2. The molecule has 0 saturated carbocycles. The Morgan fingerprint density at radius 1 is 1.48 bits per heavy atom. The lowest BCUT2D eigenvalue weighted by Gasteiger charge is -2.01. The minimum Gasteiger partial charge on any atom is -0.258 e. The lowest BCUT2D eigenvalue weighted by Crippen LogP contribution is -1.99. The zero-order valence-electron chi connectivity index (χ0n) is 11.0. The van der Waals surface area contributed by atoms with E-state index < -0.39 is 4.92 Å². The normalized spacial score (nSPS) is 10.5. The summed E-state index contributed by atoms with van der Waals surface area (Å²) in [6, 6.07) is 6.41. The fraction of sp³-hybridized carbons (Fsp3) is 0.154. The van der Waals surface area contributed by atoms with Crippen molar-refractivity contribution in [2.45, 2.75) is 6.42 Å². The number of aromatic nitrogens is 2. The Bertz CT molecular complexity index is 715. The van der Waals surface area contributed by atoms with Crippen molar-refractivity contribution in [2.24, 2.45) is 5.11 Å². The third-order valence-electron chi connectivity index (χ3n) is 2.70. The van der Waals surface area contributed by atoms with Crippen LogP contribution in [-0.2, 0) is 0 Å². The summed E-state index contributed by atoms with van der Waals surface area (Å²) in [5.74, 6) is 0. The molecule has 0 amide bonds. The quantitative estimate of drug-likeness (QED) is 0.202. The topological polar surface area (TPSA) is 110 Å². The summed E-state index contributed by atoms with van der Waals surface area (Å²) in [5, 5.41) is 18.5. The van der Waals surface area contributed by atoms with E-state index in [0.717, 1.165) is 5.56 Å². The molecule has 0 aliphatic rings. The summed E-state index contributed by atoms with van der Waals surface area (Å²) in [4.78, 5) is 13.2. The monoisotopic (exact) mass is 284 g/mol. The summed E-state index contributed by atoms with van der Waals surface area (Å²) < 4.78 is 1.46. The van der Waals surface area contributed by atoms with E-state index in [-0.39, 0.29) is 5.69 Å². The molecule has 106 valence electrons. The highest BCUT2D eigenvalue weighted by atomic mass is 16.6. The van der Waals surface area contributed by atoms with Gasteiger partial charge in [0, 0.05) is 29.3 Å². The molecule has 0 spiro atoms. The van der Waals surface area contributed by atoms with Crippen molar-refractivity contribution in [3.05, 3.63) is 68.9 Å². The van der Waals surface area contributed by atoms with Gasteiger partial charge in [-0.15, -0.1) is 0 Å². The van der Waals surface area contributed by atoms with Crippen LogP contribution in [0.2, 0.25) is 0 Å². The maximum atomic E-state index is 11.0. The molecule has 8 heteroatoms. The fourth-order valence-corrected chi connectivity index (χ4v) is 1.76. The number of hydrogen-bond acceptors (Lipinski definition) is 4. The van der Waals surface area contributed by atoms with E-state index in [1.54, 1.807) is 30.6 Å². The molecule has 1 heterocycles. The van der Waals surface area contributed by atoms with Crippen LogP contribution in [0.5, 0.6) is 0 Å². The van der Waals surface area contributed by atoms with Gasteiger partial charge in [0.05, 0.1) is 11.1 Å². The minimum atomic E-state index is -0.438. The van der Waals surface area contributed by atoms with E-state index in [1.165, 1.54) is 10.7 Å². The van der Waals surface area contributed by atoms with E-state index in [1.807, 2.05) is 12.2 Å². The molecule has 0 saturated heterocycles.